The zero-order chi connectivity index (χ0) is 11.4. The first-order valence-electron chi connectivity index (χ1n) is 4.75. The number of fused-ring (bicyclic) bond motifs is 1. The normalized spacial score (nSPS) is 21.5. The van der Waals surface area contributed by atoms with E-state index in [9.17, 15) is 9.59 Å². The van der Waals surface area contributed by atoms with E-state index in [0.717, 1.165) is 11.1 Å². The van der Waals surface area contributed by atoms with E-state index in [2.05, 4.69) is 9.98 Å². The van der Waals surface area contributed by atoms with Crippen molar-refractivity contribution in [1.82, 2.24) is 0 Å². The number of carbonyl (C=O) groups excluding carboxylic acids is 2. The van der Waals surface area contributed by atoms with Crippen molar-refractivity contribution in [3.05, 3.63) is 41.5 Å². The molecule has 16 heavy (non-hydrogen) atoms. The summed E-state index contributed by atoms with van der Waals surface area (Å²) in [6, 6.07) is 7.67. The van der Waals surface area contributed by atoms with Crippen LogP contribution >= 0.6 is 0 Å². The minimum atomic E-state index is -1.15. The van der Waals surface area contributed by atoms with Crippen LogP contribution in [0.2, 0.25) is 0 Å². The molecule has 0 spiro atoms. The van der Waals surface area contributed by atoms with E-state index in [1.165, 1.54) is 12.2 Å². The summed E-state index contributed by atoms with van der Waals surface area (Å²) in [4.78, 5) is 27.9. The van der Waals surface area contributed by atoms with Gasteiger partial charge in [-0.1, -0.05) is 30.3 Å². The maximum absolute atomic E-state index is 10.3. The Balaban J connectivity index is 2.50. The zero-order valence-corrected chi connectivity index (χ0v) is 8.38. The highest BCUT2D eigenvalue weighted by Gasteiger charge is 2.30. The molecule has 0 N–H and O–H groups in total. The van der Waals surface area contributed by atoms with Crippen LogP contribution in [-0.2, 0) is 16.0 Å². The van der Waals surface area contributed by atoms with E-state index in [4.69, 9.17) is 0 Å². The van der Waals surface area contributed by atoms with E-state index < -0.39 is 5.66 Å². The molecule has 0 radical (unpaired) electrons. The Labute approximate surface area is 92.0 Å². The Morgan fingerprint density at radius 1 is 1.12 bits per heavy atom. The van der Waals surface area contributed by atoms with Gasteiger partial charge < -0.3 is 0 Å². The van der Waals surface area contributed by atoms with Crippen LogP contribution in [0, 0.1) is 0 Å². The molecule has 4 heteroatoms. The van der Waals surface area contributed by atoms with E-state index in [1.54, 1.807) is 12.2 Å². The number of isocyanates is 2. The molecule has 1 aromatic rings. The third-order valence-electron chi connectivity index (χ3n) is 2.51. The summed E-state index contributed by atoms with van der Waals surface area (Å²) in [6.07, 6.45) is 6.68. The Morgan fingerprint density at radius 3 is 2.50 bits per heavy atom. The topological polar surface area (TPSA) is 58.9 Å². The molecular weight excluding hydrogens is 204 g/mol. The summed E-state index contributed by atoms with van der Waals surface area (Å²) < 4.78 is 0. The molecule has 0 saturated carbocycles. The average Bonchev–Trinajstić information content (AvgIpc) is 2.30. The lowest BCUT2D eigenvalue weighted by Gasteiger charge is -2.23. The highest BCUT2D eigenvalue weighted by atomic mass is 16.1. The van der Waals surface area contributed by atoms with Gasteiger partial charge in [-0.05, 0) is 17.2 Å². The molecule has 0 aliphatic heterocycles. The molecule has 1 aliphatic rings. The fraction of sp³-hybridized carbons (Fsp3) is 0.167. The molecule has 0 atom stereocenters. The van der Waals surface area contributed by atoms with Crippen LogP contribution < -0.4 is 0 Å². The summed E-state index contributed by atoms with van der Waals surface area (Å²) in [6.45, 7) is 0. The fourth-order valence-electron chi connectivity index (χ4n) is 1.76. The first kappa shape index (κ1) is 10.2. The summed E-state index contributed by atoms with van der Waals surface area (Å²) >= 11 is 0. The molecule has 0 amide bonds. The van der Waals surface area contributed by atoms with Crippen molar-refractivity contribution in [2.24, 2.45) is 9.98 Å². The van der Waals surface area contributed by atoms with Gasteiger partial charge in [-0.2, -0.15) is 9.98 Å². The third-order valence-corrected chi connectivity index (χ3v) is 2.51. The fourth-order valence-corrected chi connectivity index (χ4v) is 1.76. The van der Waals surface area contributed by atoms with Gasteiger partial charge in [0, 0.05) is 6.42 Å². The van der Waals surface area contributed by atoms with Crippen LogP contribution in [0.15, 0.2) is 40.3 Å². The van der Waals surface area contributed by atoms with Crippen molar-refractivity contribution in [3.63, 3.8) is 0 Å². The van der Waals surface area contributed by atoms with Crippen LogP contribution in [0.1, 0.15) is 11.1 Å². The molecule has 4 nitrogen and oxygen atoms in total. The summed E-state index contributed by atoms with van der Waals surface area (Å²) in [5, 5.41) is 0. The Hall–Kier alpha value is -2.28. The average molecular weight is 212 g/mol. The molecule has 1 aromatic carbocycles. The van der Waals surface area contributed by atoms with E-state index in [0.29, 0.717) is 6.42 Å². The lowest BCUT2D eigenvalue weighted by atomic mass is 9.90. The first-order valence-corrected chi connectivity index (χ1v) is 4.75. The first-order chi connectivity index (χ1) is 7.79. The van der Waals surface area contributed by atoms with Crippen molar-refractivity contribution in [2.75, 3.05) is 0 Å². The third kappa shape index (κ3) is 1.75. The molecule has 0 aromatic heterocycles. The molecule has 0 saturated heterocycles. The van der Waals surface area contributed by atoms with Gasteiger partial charge in [0.15, 0.2) is 5.66 Å². The minimum Gasteiger partial charge on any atom is -0.211 e. The van der Waals surface area contributed by atoms with Crippen LogP contribution in [-0.4, -0.2) is 17.8 Å². The van der Waals surface area contributed by atoms with Crippen molar-refractivity contribution >= 4 is 18.2 Å². The number of aliphatic imine (C=N–C) groups is 2. The van der Waals surface area contributed by atoms with E-state index in [1.807, 2.05) is 24.3 Å². The van der Waals surface area contributed by atoms with E-state index >= 15 is 0 Å². The highest BCUT2D eigenvalue weighted by Crippen LogP contribution is 2.29. The second-order valence-electron chi connectivity index (χ2n) is 3.49. The molecule has 0 fully saturated rings. The second-order valence-corrected chi connectivity index (χ2v) is 3.49. The largest absolute Gasteiger partial charge is 0.237 e. The van der Waals surface area contributed by atoms with Gasteiger partial charge in [0.2, 0.25) is 12.2 Å². The Kier molecular flexibility index (Phi) is 2.61. The van der Waals surface area contributed by atoms with Gasteiger partial charge in [0.1, 0.15) is 0 Å². The maximum atomic E-state index is 10.3. The SMILES string of the molecule is O=C=NC1(N=C=O)C=Cc2ccccc2C1. The van der Waals surface area contributed by atoms with Gasteiger partial charge in [0.05, 0.1) is 0 Å². The van der Waals surface area contributed by atoms with Crippen LogP contribution in [0.5, 0.6) is 0 Å². The summed E-state index contributed by atoms with van der Waals surface area (Å²) in [5.41, 5.74) is 0.876. The highest BCUT2D eigenvalue weighted by molar-refractivity contribution is 5.60. The molecule has 0 heterocycles. The minimum absolute atomic E-state index is 0.379. The van der Waals surface area contributed by atoms with Crippen molar-refractivity contribution in [3.8, 4) is 0 Å². The monoisotopic (exact) mass is 212 g/mol. The number of nitrogens with zero attached hydrogens (tertiary/aromatic N) is 2. The molecular formula is C12H8N2O2. The van der Waals surface area contributed by atoms with Crippen molar-refractivity contribution < 1.29 is 9.59 Å². The van der Waals surface area contributed by atoms with Gasteiger partial charge in [0.25, 0.3) is 0 Å². The standard InChI is InChI=1S/C12H8N2O2/c15-8-13-12(14-9-16)6-5-10-3-1-2-4-11(10)7-12/h1-6H,7H2. The summed E-state index contributed by atoms with van der Waals surface area (Å²) in [5.74, 6) is 0. The number of benzene rings is 1. The molecule has 78 valence electrons. The van der Waals surface area contributed by atoms with Gasteiger partial charge in [-0.15, -0.1) is 0 Å². The Bertz CT molecular complexity index is 518. The number of hydrogen-bond acceptors (Lipinski definition) is 4. The Morgan fingerprint density at radius 2 is 1.81 bits per heavy atom. The number of hydrogen-bond donors (Lipinski definition) is 0. The molecule has 2 rings (SSSR count). The predicted molar refractivity (Wildman–Crippen MR) is 58.2 cm³/mol. The van der Waals surface area contributed by atoms with Crippen molar-refractivity contribution in [1.29, 1.82) is 0 Å². The van der Waals surface area contributed by atoms with Gasteiger partial charge in [-0.25, -0.2) is 9.59 Å². The van der Waals surface area contributed by atoms with Crippen LogP contribution in [0.4, 0.5) is 0 Å². The van der Waals surface area contributed by atoms with Crippen molar-refractivity contribution in [2.45, 2.75) is 12.1 Å². The zero-order valence-electron chi connectivity index (χ0n) is 8.38. The lowest BCUT2D eigenvalue weighted by Crippen LogP contribution is -2.26. The predicted octanol–water partition coefficient (Wildman–Crippen LogP) is 1.62. The number of rotatable bonds is 2. The second kappa shape index (κ2) is 4.07. The van der Waals surface area contributed by atoms with Gasteiger partial charge in [-0.3, -0.25) is 0 Å². The summed E-state index contributed by atoms with van der Waals surface area (Å²) in [7, 11) is 0. The quantitative estimate of drug-likeness (QED) is 0.552. The maximum Gasteiger partial charge on any atom is 0.237 e. The van der Waals surface area contributed by atoms with Crippen LogP contribution in [0.25, 0.3) is 6.08 Å². The van der Waals surface area contributed by atoms with E-state index in [-0.39, 0.29) is 0 Å². The molecule has 0 bridgehead atoms. The molecule has 0 unspecified atom stereocenters. The van der Waals surface area contributed by atoms with Gasteiger partial charge >= 0.3 is 0 Å². The smallest absolute Gasteiger partial charge is 0.211 e. The molecule has 1 aliphatic carbocycles. The van der Waals surface area contributed by atoms with Crippen LogP contribution in [0.3, 0.4) is 0 Å². The lowest BCUT2D eigenvalue weighted by molar-refractivity contribution is 0.509.